The molecule has 0 radical (unpaired) electrons. The van der Waals surface area contributed by atoms with Gasteiger partial charge in [-0.15, -0.1) is 0 Å². The molecule has 1 unspecified atom stereocenters. The third-order valence-electron chi connectivity index (χ3n) is 7.45. The van der Waals surface area contributed by atoms with Crippen LogP contribution < -0.4 is 5.46 Å². The summed E-state index contributed by atoms with van der Waals surface area (Å²) >= 11 is 0. The van der Waals surface area contributed by atoms with Crippen LogP contribution in [-0.2, 0) is 9.31 Å². The van der Waals surface area contributed by atoms with Gasteiger partial charge in [0.15, 0.2) is 0 Å². The van der Waals surface area contributed by atoms with Crippen LogP contribution in [0.4, 0.5) is 4.39 Å². The molecule has 4 rings (SSSR count). The van der Waals surface area contributed by atoms with Crippen molar-refractivity contribution in [2.75, 3.05) is 20.1 Å². The smallest absolute Gasteiger partial charge is 0.399 e. The van der Waals surface area contributed by atoms with Crippen LogP contribution in [0.3, 0.4) is 0 Å². The lowest BCUT2D eigenvalue weighted by atomic mass is 9.78. The van der Waals surface area contributed by atoms with E-state index in [4.69, 9.17) is 9.31 Å². The first-order chi connectivity index (χ1) is 14.4. The molecule has 0 saturated carbocycles. The lowest BCUT2D eigenvalue weighted by Gasteiger charge is -2.32. The topological polar surface area (TPSA) is 42.0 Å². The molecule has 1 aromatic rings. The second-order valence-electron chi connectivity index (χ2n) is 10.3. The number of likely N-dealkylation sites (tertiary alicyclic amines) is 2. The van der Waals surface area contributed by atoms with Crippen LogP contribution in [0.5, 0.6) is 0 Å². The summed E-state index contributed by atoms with van der Waals surface area (Å²) < 4.78 is 26.4. The zero-order chi connectivity index (χ0) is 23.0. The first-order valence-corrected chi connectivity index (χ1v) is 11.6. The summed E-state index contributed by atoms with van der Waals surface area (Å²) in [5.74, 6) is -0.760. The van der Waals surface area contributed by atoms with Crippen molar-refractivity contribution in [3.05, 3.63) is 29.6 Å². The molecule has 0 aromatic heterocycles. The molecule has 0 spiro atoms. The van der Waals surface area contributed by atoms with Crippen molar-refractivity contribution in [3.8, 4) is 0 Å². The lowest BCUT2D eigenvalue weighted by Crippen LogP contribution is -2.41. The Bertz CT molecular complexity index is 777. The highest BCUT2D eigenvalue weighted by Crippen LogP contribution is 2.36. The molecule has 0 bridgehead atoms. The summed E-state index contributed by atoms with van der Waals surface area (Å²) in [6.45, 7) is 14.1. The molecule has 172 valence electrons. The molecular formula is C24H38BFN2O3. The molecule has 5 nitrogen and oxygen atoms in total. The highest BCUT2D eigenvalue weighted by molar-refractivity contribution is 6.62. The van der Waals surface area contributed by atoms with Crippen LogP contribution in [-0.4, -0.2) is 66.2 Å². The highest BCUT2D eigenvalue weighted by atomic mass is 19.1. The van der Waals surface area contributed by atoms with Crippen molar-refractivity contribution >= 4 is 18.5 Å². The maximum Gasteiger partial charge on any atom is 0.494 e. The standard InChI is InChI=1S/C18H25BFNO3.C6H13N/c1-12-7-6-10-21(12)16(22)14-9-8-13(11-15(14)20)19-23-17(2,3)18(4,5)24-19;1-6-4-3-5-7(6)2/h8-9,11-12H,6-7,10H2,1-5H3;6H,3-5H2,1-2H3/t;6-/m.1/s1. The van der Waals surface area contributed by atoms with Gasteiger partial charge in [-0.2, -0.15) is 0 Å². The first-order valence-electron chi connectivity index (χ1n) is 11.6. The van der Waals surface area contributed by atoms with Gasteiger partial charge in [0, 0.05) is 18.6 Å². The van der Waals surface area contributed by atoms with E-state index in [1.165, 1.54) is 25.5 Å². The van der Waals surface area contributed by atoms with Gasteiger partial charge >= 0.3 is 7.12 Å². The average molecular weight is 432 g/mol. The molecule has 1 aromatic carbocycles. The normalized spacial score (nSPS) is 27.4. The lowest BCUT2D eigenvalue weighted by molar-refractivity contribution is 0.00578. The fraction of sp³-hybridized carbons (Fsp3) is 0.708. The fourth-order valence-corrected chi connectivity index (χ4v) is 4.30. The van der Waals surface area contributed by atoms with E-state index < -0.39 is 24.1 Å². The van der Waals surface area contributed by atoms with Gasteiger partial charge in [0.1, 0.15) is 5.82 Å². The van der Waals surface area contributed by atoms with Crippen LogP contribution in [0.2, 0.25) is 0 Å². The van der Waals surface area contributed by atoms with Gasteiger partial charge < -0.3 is 19.1 Å². The zero-order valence-electron chi connectivity index (χ0n) is 20.2. The van der Waals surface area contributed by atoms with Crippen molar-refractivity contribution in [3.63, 3.8) is 0 Å². The maximum absolute atomic E-state index is 14.6. The predicted molar refractivity (Wildman–Crippen MR) is 123 cm³/mol. The van der Waals surface area contributed by atoms with Crippen molar-refractivity contribution in [1.29, 1.82) is 0 Å². The van der Waals surface area contributed by atoms with E-state index in [0.717, 1.165) is 18.9 Å². The molecule has 0 aliphatic carbocycles. The summed E-state index contributed by atoms with van der Waals surface area (Å²) in [5.41, 5.74) is -0.248. The Kier molecular flexibility index (Phi) is 7.19. The first kappa shape index (κ1) is 24.2. The summed E-state index contributed by atoms with van der Waals surface area (Å²) in [5, 5.41) is 0. The van der Waals surface area contributed by atoms with Crippen molar-refractivity contribution in [2.24, 2.45) is 0 Å². The Morgan fingerprint density at radius 2 is 1.61 bits per heavy atom. The molecule has 7 heteroatoms. The van der Waals surface area contributed by atoms with E-state index in [1.54, 1.807) is 17.0 Å². The van der Waals surface area contributed by atoms with Crippen molar-refractivity contribution < 1.29 is 18.5 Å². The van der Waals surface area contributed by atoms with Gasteiger partial charge in [-0.1, -0.05) is 6.07 Å². The number of hydrogen-bond acceptors (Lipinski definition) is 4. The number of nitrogens with zero attached hydrogens (tertiary/aromatic N) is 2. The average Bonchev–Trinajstić information content (AvgIpc) is 3.33. The SMILES string of the molecule is CC1CCCN1C(=O)c1ccc(B2OC(C)(C)C(C)(C)O2)cc1F.C[C@@H]1CCCN1C. The number of carbonyl (C=O) groups excluding carboxylic acids is 1. The quantitative estimate of drug-likeness (QED) is 0.666. The molecule has 3 aliphatic rings. The summed E-state index contributed by atoms with van der Waals surface area (Å²) in [7, 11) is 1.57. The summed E-state index contributed by atoms with van der Waals surface area (Å²) in [6.07, 6.45) is 4.74. The molecule has 3 aliphatic heterocycles. The van der Waals surface area contributed by atoms with Crippen LogP contribution in [0.25, 0.3) is 0 Å². The third-order valence-corrected chi connectivity index (χ3v) is 7.45. The van der Waals surface area contributed by atoms with Gasteiger partial charge in [-0.05, 0) is 98.4 Å². The molecule has 3 saturated heterocycles. The zero-order valence-corrected chi connectivity index (χ0v) is 20.2. The van der Waals surface area contributed by atoms with E-state index in [9.17, 15) is 9.18 Å². The number of benzene rings is 1. The number of amides is 1. The molecule has 3 fully saturated rings. The molecule has 3 heterocycles. The molecule has 2 atom stereocenters. The maximum atomic E-state index is 14.6. The predicted octanol–water partition coefficient (Wildman–Crippen LogP) is 3.85. The molecule has 31 heavy (non-hydrogen) atoms. The van der Waals surface area contributed by atoms with E-state index in [2.05, 4.69) is 18.9 Å². The summed E-state index contributed by atoms with van der Waals surface area (Å²) in [6, 6.07) is 5.64. The van der Waals surface area contributed by atoms with Crippen LogP contribution in [0.1, 0.15) is 77.6 Å². The number of rotatable bonds is 2. The minimum absolute atomic E-state index is 0.115. The molecular weight excluding hydrogens is 394 g/mol. The van der Waals surface area contributed by atoms with Crippen LogP contribution >= 0.6 is 0 Å². The van der Waals surface area contributed by atoms with E-state index >= 15 is 0 Å². The Morgan fingerprint density at radius 3 is 2.03 bits per heavy atom. The van der Waals surface area contributed by atoms with Crippen molar-refractivity contribution in [1.82, 2.24) is 9.80 Å². The summed E-state index contributed by atoms with van der Waals surface area (Å²) in [4.78, 5) is 16.7. The minimum atomic E-state index is -0.626. The van der Waals surface area contributed by atoms with Gasteiger partial charge in [0.25, 0.3) is 5.91 Å². The van der Waals surface area contributed by atoms with Crippen molar-refractivity contribution in [2.45, 2.75) is 90.5 Å². The van der Waals surface area contributed by atoms with Gasteiger partial charge in [-0.3, -0.25) is 4.79 Å². The fourth-order valence-electron chi connectivity index (χ4n) is 4.30. The van der Waals surface area contributed by atoms with Gasteiger partial charge in [0.2, 0.25) is 0 Å². The molecule has 1 amide bonds. The van der Waals surface area contributed by atoms with E-state index in [0.29, 0.717) is 12.0 Å². The van der Waals surface area contributed by atoms with Crippen LogP contribution in [0, 0.1) is 5.82 Å². The van der Waals surface area contributed by atoms with E-state index in [1.807, 2.05) is 34.6 Å². The molecule has 0 N–H and O–H groups in total. The number of hydrogen-bond donors (Lipinski definition) is 0. The Hall–Kier alpha value is -1.44. The minimum Gasteiger partial charge on any atom is -0.399 e. The highest BCUT2D eigenvalue weighted by Gasteiger charge is 2.51. The third kappa shape index (κ3) is 5.15. The Labute approximate surface area is 187 Å². The van der Waals surface area contributed by atoms with Gasteiger partial charge in [-0.25, -0.2) is 4.39 Å². The van der Waals surface area contributed by atoms with Gasteiger partial charge in [0.05, 0.1) is 16.8 Å². The largest absolute Gasteiger partial charge is 0.494 e. The number of halogens is 1. The number of carbonyl (C=O) groups is 1. The Morgan fingerprint density at radius 1 is 1.03 bits per heavy atom. The second kappa shape index (κ2) is 9.20. The van der Waals surface area contributed by atoms with E-state index in [-0.39, 0.29) is 17.5 Å². The monoisotopic (exact) mass is 432 g/mol. The van der Waals surface area contributed by atoms with Crippen LogP contribution in [0.15, 0.2) is 18.2 Å². The Balaban J connectivity index is 0.000000330. The second-order valence-corrected chi connectivity index (χ2v) is 10.3.